The lowest BCUT2D eigenvalue weighted by molar-refractivity contribution is 0.0624. The number of thiophene rings is 1. The summed E-state index contributed by atoms with van der Waals surface area (Å²) in [6, 6.07) is 4.36. The normalized spacial score (nSPS) is 18.9. The van der Waals surface area contributed by atoms with Crippen LogP contribution in [0.1, 0.15) is 18.7 Å². The molecule has 3 heteroatoms. The monoisotopic (exact) mass is 273 g/mol. The number of nitrogens with zero attached hydrogens (tertiary/aromatic N) is 1. The summed E-state index contributed by atoms with van der Waals surface area (Å²) in [6.45, 7) is 8.35. The van der Waals surface area contributed by atoms with E-state index in [0.29, 0.717) is 0 Å². The minimum absolute atomic E-state index is 0.848. The predicted molar refractivity (Wildman–Crippen MR) is 65.6 cm³/mol. The quantitative estimate of drug-likeness (QED) is 0.814. The third kappa shape index (κ3) is 2.38. The van der Waals surface area contributed by atoms with Gasteiger partial charge in [-0.1, -0.05) is 13.8 Å². The van der Waals surface area contributed by atoms with Crippen LogP contribution in [0.5, 0.6) is 0 Å². The van der Waals surface area contributed by atoms with E-state index in [1.165, 1.54) is 21.8 Å². The molecular weight excluding hydrogens is 258 g/mol. The summed E-state index contributed by atoms with van der Waals surface area (Å²) in [7, 11) is 0. The van der Waals surface area contributed by atoms with Crippen LogP contribution in [0, 0.1) is 11.8 Å². The van der Waals surface area contributed by atoms with Crippen molar-refractivity contribution in [2.24, 2.45) is 11.8 Å². The molecule has 0 amide bonds. The summed E-state index contributed by atoms with van der Waals surface area (Å²) in [5, 5.41) is 0. The van der Waals surface area contributed by atoms with Gasteiger partial charge in [-0.2, -0.15) is 0 Å². The fourth-order valence-electron chi connectivity index (χ4n) is 1.82. The summed E-state index contributed by atoms with van der Waals surface area (Å²) < 4.78 is 1.24. The highest BCUT2D eigenvalue weighted by atomic mass is 79.9. The number of rotatable bonds is 3. The highest BCUT2D eigenvalue weighted by Gasteiger charge is 2.28. The molecule has 0 N–H and O–H groups in total. The van der Waals surface area contributed by atoms with Gasteiger partial charge >= 0.3 is 0 Å². The summed E-state index contributed by atoms with van der Waals surface area (Å²) in [4.78, 5) is 4.00. The molecule has 1 aliphatic rings. The van der Waals surface area contributed by atoms with Crippen LogP contribution >= 0.6 is 27.3 Å². The fraction of sp³-hybridized carbons (Fsp3) is 0.636. The molecular formula is C11H16BrNS. The minimum atomic E-state index is 0.848. The van der Waals surface area contributed by atoms with Crippen LogP contribution in [-0.4, -0.2) is 18.0 Å². The van der Waals surface area contributed by atoms with Crippen molar-refractivity contribution in [1.29, 1.82) is 0 Å². The fourth-order valence-corrected chi connectivity index (χ4v) is 3.34. The van der Waals surface area contributed by atoms with Crippen LogP contribution < -0.4 is 0 Å². The molecule has 1 aromatic heterocycles. The lowest BCUT2D eigenvalue weighted by atomic mass is 9.88. The van der Waals surface area contributed by atoms with Crippen molar-refractivity contribution >= 4 is 27.3 Å². The average molecular weight is 274 g/mol. The zero-order valence-corrected chi connectivity index (χ0v) is 11.1. The molecule has 1 aliphatic heterocycles. The second kappa shape index (κ2) is 4.33. The first kappa shape index (κ1) is 10.7. The van der Waals surface area contributed by atoms with Gasteiger partial charge in [-0.25, -0.2) is 0 Å². The van der Waals surface area contributed by atoms with E-state index < -0.39 is 0 Å². The standard InChI is InChI=1S/C11H16BrNS/c1-8(2)9-5-13(6-9)7-10-3-4-11(12)14-10/h3-4,8-9H,5-7H2,1-2H3. The molecule has 0 atom stereocenters. The van der Waals surface area contributed by atoms with Crippen LogP contribution in [0.15, 0.2) is 15.9 Å². The second-order valence-electron chi connectivity index (χ2n) is 4.40. The summed E-state index contributed by atoms with van der Waals surface area (Å²) in [5.74, 6) is 1.78. The smallest absolute Gasteiger partial charge is 0.0701 e. The van der Waals surface area contributed by atoms with E-state index in [-0.39, 0.29) is 0 Å². The van der Waals surface area contributed by atoms with E-state index >= 15 is 0 Å². The van der Waals surface area contributed by atoms with Gasteiger partial charge in [0.15, 0.2) is 0 Å². The molecule has 1 fully saturated rings. The lowest BCUT2D eigenvalue weighted by Gasteiger charge is -2.41. The van der Waals surface area contributed by atoms with Gasteiger partial charge in [0.05, 0.1) is 3.79 Å². The van der Waals surface area contributed by atoms with E-state index in [9.17, 15) is 0 Å². The Labute approximate surface area is 98.2 Å². The third-order valence-corrected chi connectivity index (χ3v) is 4.54. The minimum Gasteiger partial charge on any atom is -0.298 e. The molecule has 0 unspecified atom stereocenters. The van der Waals surface area contributed by atoms with Gasteiger partial charge in [0.2, 0.25) is 0 Å². The van der Waals surface area contributed by atoms with Crippen LogP contribution in [-0.2, 0) is 6.54 Å². The maximum absolute atomic E-state index is 3.50. The van der Waals surface area contributed by atoms with Crippen molar-refractivity contribution in [3.8, 4) is 0 Å². The third-order valence-electron chi connectivity index (χ3n) is 2.94. The highest BCUT2D eigenvalue weighted by molar-refractivity contribution is 9.11. The van der Waals surface area contributed by atoms with Crippen molar-refractivity contribution in [1.82, 2.24) is 4.90 Å². The largest absolute Gasteiger partial charge is 0.298 e. The Hall–Kier alpha value is 0.140. The van der Waals surface area contributed by atoms with Crippen molar-refractivity contribution in [2.45, 2.75) is 20.4 Å². The maximum Gasteiger partial charge on any atom is 0.0701 e. The van der Waals surface area contributed by atoms with Gasteiger partial charge in [0, 0.05) is 24.5 Å². The summed E-state index contributed by atoms with van der Waals surface area (Å²) in [6.07, 6.45) is 0. The molecule has 1 aromatic rings. The Morgan fingerprint density at radius 1 is 1.50 bits per heavy atom. The topological polar surface area (TPSA) is 3.24 Å². The van der Waals surface area contributed by atoms with Gasteiger partial charge in [0.1, 0.15) is 0 Å². The lowest BCUT2D eigenvalue weighted by Crippen LogP contribution is -2.47. The van der Waals surface area contributed by atoms with E-state index in [4.69, 9.17) is 0 Å². The van der Waals surface area contributed by atoms with E-state index in [0.717, 1.165) is 18.4 Å². The van der Waals surface area contributed by atoms with Gasteiger partial charge in [-0.05, 0) is 39.9 Å². The van der Waals surface area contributed by atoms with Gasteiger partial charge in [-0.15, -0.1) is 11.3 Å². The molecule has 14 heavy (non-hydrogen) atoms. The molecule has 1 nitrogen and oxygen atoms in total. The Kier molecular flexibility index (Phi) is 3.30. The summed E-state index contributed by atoms with van der Waals surface area (Å²) in [5.41, 5.74) is 0. The Balaban J connectivity index is 1.79. The molecule has 0 bridgehead atoms. The molecule has 0 aliphatic carbocycles. The number of hydrogen-bond donors (Lipinski definition) is 0. The molecule has 2 rings (SSSR count). The van der Waals surface area contributed by atoms with E-state index in [1.54, 1.807) is 0 Å². The van der Waals surface area contributed by atoms with Gasteiger partial charge < -0.3 is 0 Å². The van der Waals surface area contributed by atoms with Crippen molar-refractivity contribution in [2.75, 3.05) is 13.1 Å². The maximum atomic E-state index is 3.50. The molecule has 2 heterocycles. The number of halogens is 1. The second-order valence-corrected chi connectivity index (χ2v) is 6.95. The van der Waals surface area contributed by atoms with Crippen molar-refractivity contribution < 1.29 is 0 Å². The average Bonchev–Trinajstić information content (AvgIpc) is 2.42. The first-order valence-electron chi connectivity index (χ1n) is 5.11. The Morgan fingerprint density at radius 2 is 2.21 bits per heavy atom. The van der Waals surface area contributed by atoms with Crippen LogP contribution in [0.3, 0.4) is 0 Å². The highest BCUT2D eigenvalue weighted by Crippen LogP contribution is 2.28. The van der Waals surface area contributed by atoms with Crippen LogP contribution in [0.2, 0.25) is 0 Å². The zero-order chi connectivity index (χ0) is 10.1. The first-order valence-corrected chi connectivity index (χ1v) is 6.72. The molecule has 0 radical (unpaired) electrons. The molecule has 0 aromatic carbocycles. The van der Waals surface area contributed by atoms with Crippen molar-refractivity contribution in [3.63, 3.8) is 0 Å². The van der Waals surface area contributed by atoms with Gasteiger partial charge in [-0.3, -0.25) is 4.90 Å². The summed E-state index contributed by atoms with van der Waals surface area (Å²) >= 11 is 5.35. The predicted octanol–water partition coefficient (Wildman–Crippen LogP) is 3.60. The molecule has 78 valence electrons. The molecule has 0 saturated carbocycles. The van der Waals surface area contributed by atoms with E-state index in [2.05, 4.69) is 46.8 Å². The van der Waals surface area contributed by atoms with E-state index in [1.807, 2.05) is 11.3 Å². The van der Waals surface area contributed by atoms with Gasteiger partial charge in [0.25, 0.3) is 0 Å². The SMILES string of the molecule is CC(C)C1CN(Cc2ccc(Br)s2)C1. The zero-order valence-electron chi connectivity index (χ0n) is 8.66. The molecule has 0 spiro atoms. The number of hydrogen-bond acceptors (Lipinski definition) is 2. The first-order chi connectivity index (χ1) is 6.65. The van der Waals surface area contributed by atoms with Crippen molar-refractivity contribution in [3.05, 3.63) is 20.8 Å². The van der Waals surface area contributed by atoms with Crippen LogP contribution in [0.4, 0.5) is 0 Å². The Morgan fingerprint density at radius 3 is 2.71 bits per heavy atom. The number of likely N-dealkylation sites (tertiary alicyclic amines) is 1. The van der Waals surface area contributed by atoms with Crippen LogP contribution in [0.25, 0.3) is 0 Å². The molecule has 1 saturated heterocycles. The Bertz CT molecular complexity index is 302.